The number of aromatic hydroxyl groups is 1. The molecule has 0 bridgehead atoms. The first-order valence-electron chi connectivity index (χ1n) is 10.4. The van der Waals surface area contributed by atoms with Gasteiger partial charge in [-0.3, -0.25) is 4.79 Å². The number of phenols is 1. The minimum absolute atomic E-state index is 0.00556. The number of rotatable bonds is 5. The standard InChI is InChI=1S/C21H17F6N5O3/c22-12-5-11(15(23)16(24)17(12)33)19(34)30-6-9-1-3-10(4-2-9)20-31-18(32-35-20)13-7-29-14(8-28-13)21(25,26)27/h5,7-10,33H,1-4,6H2,(H,30,34)/t9-,10-. The number of halogens is 6. The van der Waals surface area contributed by atoms with Gasteiger partial charge in [-0.15, -0.1) is 0 Å². The Kier molecular flexibility index (Phi) is 6.63. The maximum absolute atomic E-state index is 13.8. The molecular formula is C21H17F6N5O3. The number of hydrogen-bond acceptors (Lipinski definition) is 7. The molecule has 1 fully saturated rings. The lowest BCUT2D eigenvalue weighted by Gasteiger charge is -2.26. The van der Waals surface area contributed by atoms with Crippen LogP contribution in [0.4, 0.5) is 26.3 Å². The fourth-order valence-electron chi connectivity index (χ4n) is 3.79. The number of aromatic nitrogens is 4. The van der Waals surface area contributed by atoms with Crippen LogP contribution >= 0.6 is 0 Å². The first-order chi connectivity index (χ1) is 16.5. The molecule has 0 atom stereocenters. The van der Waals surface area contributed by atoms with Crippen LogP contribution in [0.2, 0.25) is 0 Å². The van der Waals surface area contributed by atoms with Gasteiger partial charge in [0.2, 0.25) is 17.5 Å². The van der Waals surface area contributed by atoms with Crippen LogP contribution in [-0.2, 0) is 6.18 Å². The van der Waals surface area contributed by atoms with E-state index >= 15 is 0 Å². The molecule has 2 N–H and O–H groups in total. The molecule has 0 radical (unpaired) electrons. The molecule has 35 heavy (non-hydrogen) atoms. The summed E-state index contributed by atoms with van der Waals surface area (Å²) < 4.78 is 83.9. The molecule has 1 aromatic carbocycles. The predicted octanol–water partition coefficient (Wildman–Crippen LogP) is 4.37. The van der Waals surface area contributed by atoms with E-state index in [0.29, 0.717) is 43.8 Å². The van der Waals surface area contributed by atoms with Gasteiger partial charge in [-0.25, -0.2) is 18.7 Å². The van der Waals surface area contributed by atoms with Crippen molar-refractivity contribution in [2.24, 2.45) is 5.92 Å². The highest BCUT2D eigenvalue weighted by atomic mass is 19.4. The van der Waals surface area contributed by atoms with Gasteiger partial charge in [0.05, 0.1) is 18.0 Å². The smallest absolute Gasteiger partial charge is 0.434 e. The minimum Gasteiger partial charge on any atom is -0.503 e. The summed E-state index contributed by atoms with van der Waals surface area (Å²) in [4.78, 5) is 23.3. The van der Waals surface area contributed by atoms with Crippen LogP contribution in [0.15, 0.2) is 23.0 Å². The Morgan fingerprint density at radius 1 is 1.09 bits per heavy atom. The zero-order valence-corrected chi connectivity index (χ0v) is 17.7. The third-order valence-electron chi connectivity index (χ3n) is 5.74. The van der Waals surface area contributed by atoms with E-state index in [1.807, 2.05) is 0 Å². The molecule has 14 heteroatoms. The number of benzene rings is 1. The summed E-state index contributed by atoms with van der Waals surface area (Å²) in [5.41, 5.74) is -1.96. The number of phenolic OH excluding ortho intramolecular Hbond substituents is 1. The zero-order chi connectivity index (χ0) is 25.3. The maximum atomic E-state index is 13.8. The van der Waals surface area contributed by atoms with Gasteiger partial charge in [-0.05, 0) is 37.7 Å². The Labute approximate surface area is 193 Å². The van der Waals surface area contributed by atoms with Gasteiger partial charge in [-0.2, -0.15) is 22.5 Å². The summed E-state index contributed by atoms with van der Waals surface area (Å²) in [6, 6.07) is 0.425. The topological polar surface area (TPSA) is 114 Å². The Morgan fingerprint density at radius 2 is 1.80 bits per heavy atom. The summed E-state index contributed by atoms with van der Waals surface area (Å²) in [6.45, 7) is 0.130. The second-order valence-corrected chi connectivity index (χ2v) is 8.05. The van der Waals surface area contributed by atoms with Crippen LogP contribution in [0.25, 0.3) is 11.5 Å². The summed E-state index contributed by atoms with van der Waals surface area (Å²) in [7, 11) is 0. The summed E-state index contributed by atoms with van der Waals surface area (Å²) in [5.74, 6) is -7.26. The third kappa shape index (κ3) is 5.20. The van der Waals surface area contributed by atoms with Crippen LogP contribution in [-0.4, -0.2) is 37.7 Å². The number of nitrogens with one attached hydrogen (secondary N) is 1. The molecule has 0 spiro atoms. The monoisotopic (exact) mass is 501 g/mol. The molecule has 0 unspecified atom stereocenters. The van der Waals surface area contributed by atoms with Crippen LogP contribution in [0, 0.1) is 23.4 Å². The van der Waals surface area contributed by atoms with E-state index in [9.17, 15) is 31.1 Å². The number of hydrogen-bond donors (Lipinski definition) is 2. The summed E-state index contributed by atoms with van der Waals surface area (Å²) in [6.07, 6.45) is -0.706. The van der Waals surface area contributed by atoms with Crippen molar-refractivity contribution in [3.63, 3.8) is 0 Å². The molecule has 4 rings (SSSR count). The number of amides is 1. The van der Waals surface area contributed by atoms with Crippen molar-refractivity contribution in [3.05, 3.63) is 53.1 Å². The van der Waals surface area contributed by atoms with Crippen molar-refractivity contribution in [2.75, 3.05) is 6.54 Å². The average molecular weight is 501 g/mol. The molecule has 1 saturated carbocycles. The molecule has 3 aromatic rings. The van der Waals surface area contributed by atoms with Gasteiger partial charge in [0.25, 0.3) is 5.91 Å². The molecule has 1 aliphatic carbocycles. The van der Waals surface area contributed by atoms with Gasteiger partial charge in [-0.1, -0.05) is 5.16 Å². The van der Waals surface area contributed by atoms with Crippen molar-refractivity contribution >= 4 is 5.91 Å². The molecule has 8 nitrogen and oxygen atoms in total. The molecular weight excluding hydrogens is 484 g/mol. The van der Waals surface area contributed by atoms with Crippen LogP contribution < -0.4 is 5.32 Å². The molecule has 0 aliphatic heterocycles. The van der Waals surface area contributed by atoms with Crippen LogP contribution in [0.1, 0.15) is 53.5 Å². The van der Waals surface area contributed by atoms with E-state index in [1.54, 1.807) is 0 Å². The Bertz CT molecular complexity index is 1220. The maximum Gasteiger partial charge on any atom is 0.434 e. The molecule has 2 heterocycles. The molecule has 2 aromatic heterocycles. The normalized spacial score (nSPS) is 18.5. The van der Waals surface area contributed by atoms with E-state index in [1.165, 1.54) is 0 Å². The lowest BCUT2D eigenvalue weighted by atomic mass is 9.82. The van der Waals surface area contributed by atoms with Gasteiger partial charge in [0.15, 0.2) is 23.1 Å². The Morgan fingerprint density at radius 3 is 2.43 bits per heavy atom. The third-order valence-corrected chi connectivity index (χ3v) is 5.74. The van der Waals surface area contributed by atoms with Gasteiger partial charge in [0, 0.05) is 12.5 Å². The Balaban J connectivity index is 1.31. The van der Waals surface area contributed by atoms with Crippen LogP contribution in [0.5, 0.6) is 5.75 Å². The quantitative estimate of drug-likeness (QED) is 0.394. The van der Waals surface area contributed by atoms with E-state index in [4.69, 9.17) is 9.63 Å². The van der Waals surface area contributed by atoms with E-state index in [-0.39, 0.29) is 29.9 Å². The first-order valence-corrected chi connectivity index (χ1v) is 10.4. The van der Waals surface area contributed by atoms with Crippen molar-refractivity contribution in [2.45, 2.75) is 37.8 Å². The molecule has 186 valence electrons. The second-order valence-electron chi connectivity index (χ2n) is 8.05. The Hall–Kier alpha value is -3.71. The number of carbonyl (C=O) groups is 1. The fourth-order valence-corrected chi connectivity index (χ4v) is 3.79. The van der Waals surface area contributed by atoms with Crippen molar-refractivity contribution in [1.29, 1.82) is 0 Å². The molecule has 0 saturated heterocycles. The lowest BCUT2D eigenvalue weighted by Crippen LogP contribution is -2.32. The minimum atomic E-state index is -4.61. The average Bonchev–Trinajstić information content (AvgIpc) is 3.34. The van der Waals surface area contributed by atoms with Crippen LogP contribution in [0.3, 0.4) is 0 Å². The largest absolute Gasteiger partial charge is 0.503 e. The fraction of sp³-hybridized carbons (Fsp3) is 0.381. The number of carbonyl (C=O) groups excluding carboxylic acids is 1. The lowest BCUT2D eigenvalue weighted by molar-refractivity contribution is -0.141. The van der Waals surface area contributed by atoms with E-state index in [0.717, 1.165) is 6.20 Å². The zero-order valence-electron chi connectivity index (χ0n) is 17.7. The number of alkyl halides is 3. The summed E-state index contributed by atoms with van der Waals surface area (Å²) >= 11 is 0. The molecule has 1 amide bonds. The van der Waals surface area contributed by atoms with E-state index in [2.05, 4.69) is 25.4 Å². The van der Waals surface area contributed by atoms with Crippen molar-refractivity contribution < 1.29 is 40.8 Å². The highest BCUT2D eigenvalue weighted by molar-refractivity contribution is 5.94. The van der Waals surface area contributed by atoms with Crippen molar-refractivity contribution in [3.8, 4) is 17.3 Å². The van der Waals surface area contributed by atoms with Gasteiger partial charge in [0.1, 0.15) is 5.69 Å². The summed E-state index contributed by atoms with van der Waals surface area (Å²) in [5, 5.41) is 15.3. The van der Waals surface area contributed by atoms with Gasteiger partial charge >= 0.3 is 6.18 Å². The highest BCUT2D eigenvalue weighted by Crippen LogP contribution is 2.35. The highest BCUT2D eigenvalue weighted by Gasteiger charge is 2.33. The number of nitrogens with zero attached hydrogens (tertiary/aromatic N) is 4. The predicted molar refractivity (Wildman–Crippen MR) is 105 cm³/mol. The SMILES string of the molecule is O=C(NC[C@H]1CC[C@H](c2nc(-c3cnc(C(F)(F)F)cn3)no2)CC1)c1cc(F)c(O)c(F)c1F. The van der Waals surface area contributed by atoms with E-state index < -0.39 is 46.5 Å². The van der Waals surface area contributed by atoms with Crippen molar-refractivity contribution in [1.82, 2.24) is 25.4 Å². The first kappa shape index (κ1) is 24.4. The second kappa shape index (κ2) is 9.50. The molecule has 1 aliphatic rings. The van der Waals surface area contributed by atoms with Gasteiger partial charge < -0.3 is 14.9 Å².